The van der Waals surface area contributed by atoms with Gasteiger partial charge in [-0.2, -0.15) is 0 Å². The maximum atomic E-state index is 11.0. The molecule has 0 aliphatic heterocycles. The van der Waals surface area contributed by atoms with Gasteiger partial charge in [0.1, 0.15) is 5.69 Å². The fraction of sp³-hybridized carbons (Fsp3) is 0.0769. The van der Waals surface area contributed by atoms with Crippen molar-refractivity contribution in [3.8, 4) is 0 Å². The van der Waals surface area contributed by atoms with Crippen LogP contribution in [0.25, 0.3) is 0 Å². The predicted molar refractivity (Wildman–Crippen MR) is 74.2 cm³/mol. The average Bonchev–Trinajstić information content (AvgIpc) is 2.38. The minimum absolute atomic E-state index is 0.214. The van der Waals surface area contributed by atoms with E-state index in [4.69, 9.17) is 0 Å². The number of hydrogen-bond donors (Lipinski definition) is 1. The van der Waals surface area contributed by atoms with Gasteiger partial charge >= 0.3 is 0 Å². The van der Waals surface area contributed by atoms with E-state index in [-0.39, 0.29) is 17.1 Å². The van der Waals surface area contributed by atoms with E-state index in [0.29, 0.717) is 5.69 Å². The highest BCUT2D eigenvalue weighted by atomic mass is 16.6. The molecule has 0 aliphatic carbocycles. The summed E-state index contributed by atoms with van der Waals surface area (Å²) in [5, 5.41) is 24.5. The SMILES string of the molecule is Cc1cccc(Nc2ccc([N+](=O)[O-])cc2[N+](=O)[O-])c1. The summed E-state index contributed by atoms with van der Waals surface area (Å²) in [7, 11) is 0. The highest BCUT2D eigenvalue weighted by Gasteiger charge is 2.19. The first kappa shape index (κ1) is 13.5. The van der Waals surface area contributed by atoms with Crippen LogP contribution in [0.15, 0.2) is 42.5 Å². The lowest BCUT2D eigenvalue weighted by Gasteiger charge is -2.07. The van der Waals surface area contributed by atoms with Gasteiger partial charge in [-0.25, -0.2) is 0 Å². The van der Waals surface area contributed by atoms with E-state index in [1.54, 1.807) is 6.07 Å². The van der Waals surface area contributed by atoms with Crippen molar-refractivity contribution in [3.63, 3.8) is 0 Å². The second-order valence-electron chi connectivity index (χ2n) is 4.21. The number of nitrogens with one attached hydrogen (secondary N) is 1. The highest BCUT2D eigenvalue weighted by Crippen LogP contribution is 2.31. The van der Waals surface area contributed by atoms with Crippen LogP contribution in [0.1, 0.15) is 5.56 Å². The molecule has 0 fully saturated rings. The largest absolute Gasteiger partial charge is 0.350 e. The predicted octanol–water partition coefficient (Wildman–Crippen LogP) is 3.56. The van der Waals surface area contributed by atoms with E-state index >= 15 is 0 Å². The van der Waals surface area contributed by atoms with Gasteiger partial charge in [0.2, 0.25) is 0 Å². The number of rotatable bonds is 4. The number of anilines is 2. The Morgan fingerprint density at radius 1 is 1.00 bits per heavy atom. The molecule has 0 radical (unpaired) electrons. The molecule has 0 bridgehead atoms. The number of non-ortho nitro benzene ring substituents is 1. The van der Waals surface area contributed by atoms with Gasteiger partial charge in [-0.15, -0.1) is 0 Å². The van der Waals surface area contributed by atoms with Crippen LogP contribution >= 0.6 is 0 Å². The van der Waals surface area contributed by atoms with E-state index < -0.39 is 9.85 Å². The Labute approximate surface area is 114 Å². The summed E-state index contributed by atoms with van der Waals surface area (Å²) in [6.07, 6.45) is 0. The lowest BCUT2D eigenvalue weighted by Crippen LogP contribution is -1.98. The first-order valence-electron chi connectivity index (χ1n) is 5.74. The fourth-order valence-electron chi connectivity index (χ4n) is 1.77. The topological polar surface area (TPSA) is 98.3 Å². The minimum Gasteiger partial charge on any atom is -0.350 e. The number of benzene rings is 2. The number of nitro groups is 2. The van der Waals surface area contributed by atoms with Crippen molar-refractivity contribution in [2.24, 2.45) is 0 Å². The van der Waals surface area contributed by atoms with Gasteiger partial charge in [0.05, 0.1) is 15.9 Å². The molecule has 0 aliphatic rings. The van der Waals surface area contributed by atoms with Crippen LogP contribution in [0.4, 0.5) is 22.7 Å². The Balaban J connectivity index is 2.41. The lowest BCUT2D eigenvalue weighted by molar-refractivity contribution is -0.393. The summed E-state index contributed by atoms with van der Waals surface area (Å²) in [5.41, 5.74) is 1.25. The monoisotopic (exact) mass is 273 g/mol. The van der Waals surface area contributed by atoms with Crippen LogP contribution < -0.4 is 5.32 Å². The second-order valence-corrected chi connectivity index (χ2v) is 4.21. The molecule has 7 nitrogen and oxygen atoms in total. The summed E-state index contributed by atoms with van der Waals surface area (Å²) < 4.78 is 0. The second kappa shape index (κ2) is 5.35. The molecule has 102 valence electrons. The van der Waals surface area contributed by atoms with Gasteiger partial charge in [-0.1, -0.05) is 12.1 Å². The van der Waals surface area contributed by atoms with Crippen molar-refractivity contribution in [2.45, 2.75) is 6.92 Å². The molecule has 0 saturated heterocycles. The third-order valence-electron chi connectivity index (χ3n) is 2.69. The third kappa shape index (κ3) is 2.89. The molecule has 1 N–H and O–H groups in total. The summed E-state index contributed by atoms with van der Waals surface area (Å²) in [5.74, 6) is 0. The summed E-state index contributed by atoms with van der Waals surface area (Å²) in [4.78, 5) is 20.3. The minimum atomic E-state index is -0.663. The van der Waals surface area contributed by atoms with Gasteiger partial charge < -0.3 is 5.32 Å². The molecule has 0 amide bonds. The fourth-order valence-corrected chi connectivity index (χ4v) is 1.77. The number of aryl methyl sites for hydroxylation is 1. The molecule has 0 spiro atoms. The van der Waals surface area contributed by atoms with Crippen molar-refractivity contribution >= 4 is 22.7 Å². The Hall–Kier alpha value is -2.96. The maximum Gasteiger partial charge on any atom is 0.299 e. The highest BCUT2D eigenvalue weighted by molar-refractivity contribution is 5.71. The van der Waals surface area contributed by atoms with Gasteiger partial charge in [-0.3, -0.25) is 20.2 Å². The molecule has 0 saturated carbocycles. The van der Waals surface area contributed by atoms with E-state index in [2.05, 4.69) is 5.32 Å². The van der Waals surface area contributed by atoms with Crippen molar-refractivity contribution in [1.29, 1.82) is 0 Å². The van der Waals surface area contributed by atoms with Gasteiger partial charge in [0.15, 0.2) is 0 Å². The van der Waals surface area contributed by atoms with Crippen LogP contribution in [-0.2, 0) is 0 Å². The van der Waals surface area contributed by atoms with E-state index in [1.165, 1.54) is 12.1 Å². The zero-order valence-corrected chi connectivity index (χ0v) is 10.6. The summed E-state index contributed by atoms with van der Waals surface area (Å²) in [6.45, 7) is 1.90. The Bertz CT molecular complexity index is 685. The quantitative estimate of drug-likeness (QED) is 0.678. The van der Waals surface area contributed by atoms with Crippen molar-refractivity contribution in [3.05, 3.63) is 68.3 Å². The Morgan fingerprint density at radius 3 is 2.35 bits per heavy atom. The molecule has 0 unspecified atom stereocenters. The van der Waals surface area contributed by atoms with Gasteiger partial charge in [-0.05, 0) is 30.7 Å². The van der Waals surface area contributed by atoms with E-state index in [0.717, 1.165) is 11.6 Å². The van der Waals surface area contributed by atoms with Gasteiger partial charge in [0.25, 0.3) is 11.4 Å². The van der Waals surface area contributed by atoms with Crippen LogP contribution in [0.2, 0.25) is 0 Å². The molecule has 20 heavy (non-hydrogen) atoms. The van der Waals surface area contributed by atoms with Crippen LogP contribution in [0.5, 0.6) is 0 Å². The zero-order chi connectivity index (χ0) is 14.7. The molecule has 2 aromatic carbocycles. The first-order valence-corrected chi connectivity index (χ1v) is 5.74. The van der Waals surface area contributed by atoms with E-state index in [1.807, 2.05) is 25.1 Å². The molecular weight excluding hydrogens is 262 g/mol. The van der Waals surface area contributed by atoms with E-state index in [9.17, 15) is 20.2 Å². The van der Waals surface area contributed by atoms with Crippen LogP contribution in [0, 0.1) is 27.2 Å². The Morgan fingerprint density at radius 2 is 1.75 bits per heavy atom. The number of nitro benzene ring substituents is 2. The standard InChI is InChI=1S/C13H11N3O4/c1-9-3-2-4-10(7-9)14-12-6-5-11(15(17)18)8-13(12)16(19)20/h2-8,14H,1H3. The molecule has 7 heteroatoms. The van der Waals surface area contributed by atoms with Crippen molar-refractivity contribution in [1.82, 2.24) is 0 Å². The molecule has 0 heterocycles. The third-order valence-corrected chi connectivity index (χ3v) is 2.69. The molecular formula is C13H11N3O4. The van der Waals surface area contributed by atoms with Crippen LogP contribution in [-0.4, -0.2) is 9.85 Å². The molecule has 2 aromatic rings. The molecule has 0 atom stereocenters. The average molecular weight is 273 g/mol. The van der Waals surface area contributed by atoms with Gasteiger partial charge in [0, 0.05) is 11.8 Å². The molecule has 2 rings (SSSR count). The summed E-state index contributed by atoms with van der Waals surface area (Å²) in [6, 6.07) is 10.8. The Kier molecular flexibility index (Phi) is 3.60. The maximum absolute atomic E-state index is 11.0. The normalized spacial score (nSPS) is 10.1. The van der Waals surface area contributed by atoms with Crippen LogP contribution in [0.3, 0.4) is 0 Å². The zero-order valence-electron chi connectivity index (χ0n) is 10.6. The van der Waals surface area contributed by atoms with Crippen molar-refractivity contribution < 1.29 is 9.85 Å². The number of hydrogen-bond acceptors (Lipinski definition) is 5. The smallest absolute Gasteiger partial charge is 0.299 e. The van der Waals surface area contributed by atoms with Crippen molar-refractivity contribution in [2.75, 3.05) is 5.32 Å². The first-order chi connectivity index (χ1) is 9.47. The molecule has 0 aromatic heterocycles. The summed E-state index contributed by atoms with van der Waals surface area (Å²) >= 11 is 0. The lowest BCUT2D eigenvalue weighted by atomic mass is 10.2. The number of nitrogens with zero attached hydrogens (tertiary/aromatic N) is 2.